The standard InChI is InChI=1S/C15H22N4/c1-5-19-14(17-11-18-19)10-16-13-9-7-6-8-12(13)15(2,3)4/h6-9,11,16H,5,10H2,1-4H3. The number of para-hydroxylation sites is 1. The Bertz CT molecular complexity index is 537. The van der Waals surface area contributed by atoms with Gasteiger partial charge in [-0.05, 0) is 24.0 Å². The lowest BCUT2D eigenvalue weighted by Gasteiger charge is -2.23. The van der Waals surface area contributed by atoms with Gasteiger partial charge in [-0.15, -0.1) is 0 Å². The van der Waals surface area contributed by atoms with Crippen LogP contribution >= 0.6 is 0 Å². The zero-order valence-corrected chi connectivity index (χ0v) is 12.1. The molecule has 2 rings (SSSR count). The van der Waals surface area contributed by atoms with Gasteiger partial charge in [-0.1, -0.05) is 39.0 Å². The molecule has 0 bridgehead atoms. The number of aryl methyl sites for hydroxylation is 1. The quantitative estimate of drug-likeness (QED) is 0.915. The molecule has 4 nitrogen and oxygen atoms in total. The van der Waals surface area contributed by atoms with Crippen molar-refractivity contribution in [2.24, 2.45) is 0 Å². The first kappa shape index (κ1) is 13.6. The van der Waals surface area contributed by atoms with E-state index in [2.05, 4.69) is 67.4 Å². The minimum absolute atomic E-state index is 0.127. The topological polar surface area (TPSA) is 42.7 Å². The van der Waals surface area contributed by atoms with Gasteiger partial charge < -0.3 is 5.32 Å². The van der Waals surface area contributed by atoms with Crippen LogP contribution in [0.3, 0.4) is 0 Å². The molecule has 1 heterocycles. The zero-order valence-electron chi connectivity index (χ0n) is 12.1. The molecule has 2 aromatic rings. The molecule has 0 aliphatic heterocycles. The van der Waals surface area contributed by atoms with Crippen LogP contribution in [0, 0.1) is 0 Å². The number of nitrogens with one attached hydrogen (secondary N) is 1. The third-order valence-electron chi connectivity index (χ3n) is 3.17. The Hall–Kier alpha value is -1.84. The van der Waals surface area contributed by atoms with Crippen LogP contribution in [0.25, 0.3) is 0 Å². The predicted octanol–water partition coefficient (Wildman–Crippen LogP) is 3.21. The van der Waals surface area contributed by atoms with E-state index < -0.39 is 0 Å². The fourth-order valence-electron chi connectivity index (χ4n) is 2.15. The van der Waals surface area contributed by atoms with E-state index in [-0.39, 0.29) is 5.41 Å². The molecule has 0 spiro atoms. The SMILES string of the molecule is CCn1ncnc1CNc1ccccc1C(C)(C)C. The molecule has 4 heteroatoms. The summed E-state index contributed by atoms with van der Waals surface area (Å²) in [6, 6.07) is 8.43. The largest absolute Gasteiger partial charge is 0.378 e. The summed E-state index contributed by atoms with van der Waals surface area (Å²) in [5.41, 5.74) is 2.61. The lowest BCUT2D eigenvalue weighted by atomic mass is 9.86. The second kappa shape index (κ2) is 5.43. The van der Waals surface area contributed by atoms with E-state index in [4.69, 9.17) is 0 Å². The summed E-state index contributed by atoms with van der Waals surface area (Å²) in [5, 5.41) is 7.66. The highest BCUT2D eigenvalue weighted by atomic mass is 15.3. The van der Waals surface area contributed by atoms with Gasteiger partial charge in [0.1, 0.15) is 12.2 Å². The first-order valence-electron chi connectivity index (χ1n) is 6.72. The second-order valence-corrected chi connectivity index (χ2v) is 5.64. The van der Waals surface area contributed by atoms with Gasteiger partial charge >= 0.3 is 0 Å². The van der Waals surface area contributed by atoms with Crippen molar-refractivity contribution < 1.29 is 0 Å². The summed E-state index contributed by atoms with van der Waals surface area (Å²) in [6.07, 6.45) is 1.61. The van der Waals surface area contributed by atoms with Gasteiger partial charge in [0.25, 0.3) is 0 Å². The van der Waals surface area contributed by atoms with Gasteiger partial charge in [0, 0.05) is 12.2 Å². The summed E-state index contributed by atoms with van der Waals surface area (Å²) < 4.78 is 1.91. The molecule has 0 unspecified atom stereocenters. The number of hydrogen-bond acceptors (Lipinski definition) is 3. The number of anilines is 1. The smallest absolute Gasteiger partial charge is 0.146 e. The van der Waals surface area contributed by atoms with Crippen molar-refractivity contribution in [2.45, 2.75) is 46.2 Å². The van der Waals surface area contributed by atoms with Crippen LogP contribution in [0.15, 0.2) is 30.6 Å². The Kier molecular flexibility index (Phi) is 3.88. The number of benzene rings is 1. The molecule has 0 fully saturated rings. The molecule has 1 aromatic heterocycles. The average molecular weight is 258 g/mol. The molecule has 1 N–H and O–H groups in total. The van der Waals surface area contributed by atoms with Crippen molar-refractivity contribution in [1.29, 1.82) is 0 Å². The monoisotopic (exact) mass is 258 g/mol. The highest BCUT2D eigenvalue weighted by molar-refractivity contribution is 5.54. The van der Waals surface area contributed by atoms with Crippen molar-refractivity contribution in [2.75, 3.05) is 5.32 Å². The Labute approximate surface area is 114 Å². The van der Waals surface area contributed by atoms with Crippen LogP contribution in [-0.4, -0.2) is 14.8 Å². The van der Waals surface area contributed by atoms with Crippen molar-refractivity contribution in [3.05, 3.63) is 42.0 Å². The van der Waals surface area contributed by atoms with Gasteiger partial charge in [0.05, 0.1) is 6.54 Å². The summed E-state index contributed by atoms with van der Waals surface area (Å²) in [4.78, 5) is 4.28. The Morgan fingerprint density at radius 3 is 2.63 bits per heavy atom. The number of aromatic nitrogens is 3. The molecule has 0 saturated heterocycles. The minimum atomic E-state index is 0.127. The third-order valence-corrected chi connectivity index (χ3v) is 3.17. The average Bonchev–Trinajstić information content (AvgIpc) is 2.83. The van der Waals surface area contributed by atoms with E-state index in [9.17, 15) is 0 Å². The van der Waals surface area contributed by atoms with Gasteiger partial charge in [-0.3, -0.25) is 0 Å². The fourth-order valence-corrected chi connectivity index (χ4v) is 2.15. The van der Waals surface area contributed by atoms with Crippen LogP contribution in [0.5, 0.6) is 0 Å². The molecular formula is C15H22N4. The predicted molar refractivity (Wildman–Crippen MR) is 78.2 cm³/mol. The molecule has 19 heavy (non-hydrogen) atoms. The van der Waals surface area contributed by atoms with E-state index in [0.717, 1.165) is 12.4 Å². The Balaban J connectivity index is 2.16. The first-order valence-corrected chi connectivity index (χ1v) is 6.72. The minimum Gasteiger partial charge on any atom is -0.378 e. The summed E-state index contributed by atoms with van der Waals surface area (Å²) in [7, 11) is 0. The third kappa shape index (κ3) is 3.13. The number of nitrogens with zero attached hydrogens (tertiary/aromatic N) is 3. The van der Waals surface area contributed by atoms with E-state index in [1.165, 1.54) is 11.3 Å². The molecule has 0 aliphatic carbocycles. The van der Waals surface area contributed by atoms with Crippen LogP contribution < -0.4 is 5.32 Å². The summed E-state index contributed by atoms with van der Waals surface area (Å²) >= 11 is 0. The van der Waals surface area contributed by atoms with Crippen LogP contribution in [0.4, 0.5) is 5.69 Å². The highest BCUT2D eigenvalue weighted by Gasteiger charge is 2.17. The van der Waals surface area contributed by atoms with Gasteiger partial charge in [-0.25, -0.2) is 9.67 Å². The summed E-state index contributed by atoms with van der Waals surface area (Å²) in [5.74, 6) is 0.964. The molecule has 102 valence electrons. The zero-order chi connectivity index (χ0) is 13.9. The molecule has 1 aromatic carbocycles. The Morgan fingerprint density at radius 2 is 1.95 bits per heavy atom. The van der Waals surface area contributed by atoms with Crippen LogP contribution in [0.2, 0.25) is 0 Å². The normalized spacial score (nSPS) is 11.6. The number of rotatable bonds is 4. The Morgan fingerprint density at radius 1 is 1.21 bits per heavy atom. The maximum Gasteiger partial charge on any atom is 0.146 e. The van der Waals surface area contributed by atoms with E-state index in [0.29, 0.717) is 6.54 Å². The van der Waals surface area contributed by atoms with Crippen molar-refractivity contribution >= 4 is 5.69 Å². The van der Waals surface area contributed by atoms with Crippen molar-refractivity contribution in [1.82, 2.24) is 14.8 Å². The van der Waals surface area contributed by atoms with E-state index >= 15 is 0 Å². The van der Waals surface area contributed by atoms with Gasteiger partial charge in [-0.2, -0.15) is 5.10 Å². The molecule has 0 aliphatic rings. The molecule has 0 atom stereocenters. The molecule has 0 saturated carbocycles. The maximum absolute atomic E-state index is 4.28. The van der Waals surface area contributed by atoms with Crippen LogP contribution in [0.1, 0.15) is 39.1 Å². The lowest BCUT2D eigenvalue weighted by Crippen LogP contribution is -2.16. The first-order chi connectivity index (χ1) is 9.02. The highest BCUT2D eigenvalue weighted by Crippen LogP contribution is 2.29. The lowest BCUT2D eigenvalue weighted by molar-refractivity contribution is 0.590. The fraction of sp³-hybridized carbons (Fsp3) is 0.467. The molecular weight excluding hydrogens is 236 g/mol. The second-order valence-electron chi connectivity index (χ2n) is 5.64. The van der Waals surface area contributed by atoms with Gasteiger partial charge in [0.2, 0.25) is 0 Å². The molecule has 0 amide bonds. The van der Waals surface area contributed by atoms with Gasteiger partial charge in [0.15, 0.2) is 0 Å². The van der Waals surface area contributed by atoms with Crippen molar-refractivity contribution in [3.63, 3.8) is 0 Å². The summed E-state index contributed by atoms with van der Waals surface area (Å²) in [6.45, 7) is 10.3. The van der Waals surface area contributed by atoms with E-state index in [1.54, 1.807) is 6.33 Å². The molecule has 0 radical (unpaired) electrons. The number of hydrogen-bond donors (Lipinski definition) is 1. The van der Waals surface area contributed by atoms with E-state index in [1.807, 2.05) is 4.68 Å². The maximum atomic E-state index is 4.28. The van der Waals surface area contributed by atoms with Crippen molar-refractivity contribution in [3.8, 4) is 0 Å². The van der Waals surface area contributed by atoms with Crippen LogP contribution in [-0.2, 0) is 18.5 Å².